The van der Waals surface area contributed by atoms with Gasteiger partial charge in [0.05, 0.1) is 0 Å². The highest BCUT2D eigenvalue weighted by Crippen LogP contribution is 2.35. The van der Waals surface area contributed by atoms with E-state index in [2.05, 4.69) is 0 Å². The minimum atomic E-state index is -3.03. The summed E-state index contributed by atoms with van der Waals surface area (Å²) in [5.41, 5.74) is 4.63. The van der Waals surface area contributed by atoms with E-state index in [4.69, 9.17) is 5.73 Å². The number of rotatable bonds is 3. The Labute approximate surface area is 93.5 Å². The van der Waals surface area contributed by atoms with Crippen LogP contribution in [-0.2, 0) is 5.92 Å². The summed E-state index contributed by atoms with van der Waals surface area (Å²) in [6.45, 7) is 4.54. The van der Waals surface area contributed by atoms with Crippen molar-refractivity contribution in [2.75, 3.05) is 0 Å². The van der Waals surface area contributed by atoms with Gasteiger partial charge in [0.2, 0.25) is 0 Å². The van der Waals surface area contributed by atoms with Gasteiger partial charge < -0.3 is 5.73 Å². The van der Waals surface area contributed by atoms with Gasteiger partial charge in [0.15, 0.2) is 0 Å². The van der Waals surface area contributed by atoms with E-state index in [1.54, 1.807) is 0 Å². The molecule has 0 aromatic heterocycles. The molecule has 0 atom stereocenters. The van der Waals surface area contributed by atoms with Gasteiger partial charge in [-0.3, -0.25) is 0 Å². The molecule has 1 aromatic rings. The van der Waals surface area contributed by atoms with Crippen molar-refractivity contribution in [1.82, 2.24) is 0 Å². The monoisotopic (exact) mass is 231 g/mol. The largest absolute Gasteiger partial charge is 0.325 e. The molecule has 0 aliphatic rings. The second kappa shape index (κ2) is 4.09. The zero-order valence-corrected chi connectivity index (χ0v) is 9.65. The summed E-state index contributed by atoms with van der Waals surface area (Å²) in [5.74, 6) is -3.51. The minimum Gasteiger partial charge on any atom is -0.325 e. The molecule has 0 heterocycles. The molecule has 0 fully saturated rings. The number of nitrogens with two attached hydrogens (primary N) is 1. The summed E-state index contributed by atoms with van der Waals surface area (Å²) >= 11 is 0. The summed E-state index contributed by atoms with van der Waals surface area (Å²) in [6, 6.07) is 3.33. The molecule has 16 heavy (non-hydrogen) atoms. The van der Waals surface area contributed by atoms with Crippen LogP contribution >= 0.6 is 0 Å². The van der Waals surface area contributed by atoms with Gasteiger partial charge in [0, 0.05) is 17.5 Å². The smallest absolute Gasteiger partial charge is 0.275 e. The van der Waals surface area contributed by atoms with Crippen LogP contribution in [0.2, 0.25) is 0 Å². The molecule has 1 nitrogen and oxygen atoms in total. The van der Waals surface area contributed by atoms with Gasteiger partial charge in [0.1, 0.15) is 5.82 Å². The molecular weight excluding hydrogens is 215 g/mol. The van der Waals surface area contributed by atoms with Crippen LogP contribution in [0.15, 0.2) is 18.2 Å². The van der Waals surface area contributed by atoms with Crippen molar-refractivity contribution in [1.29, 1.82) is 0 Å². The number of aryl methyl sites for hydroxylation is 1. The molecule has 0 saturated heterocycles. The van der Waals surface area contributed by atoms with E-state index >= 15 is 0 Å². The third-order valence-electron chi connectivity index (χ3n) is 2.26. The van der Waals surface area contributed by atoms with Gasteiger partial charge in [-0.05, 0) is 38.5 Å². The van der Waals surface area contributed by atoms with Crippen LogP contribution in [0.1, 0.15) is 31.4 Å². The molecule has 0 bridgehead atoms. The molecule has 90 valence electrons. The zero-order chi connectivity index (χ0) is 12.6. The lowest BCUT2D eigenvalue weighted by Crippen LogP contribution is -2.38. The fraction of sp³-hybridized carbons (Fsp3) is 0.500. The second-order valence-electron chi connectivity index (χ2n) is 4.83. The SMILES string of the molecule is Cc1cc(C(F)(F)CC(C)(C)N)ccc1F. The summed E-state index contributed by atoms with van der Waals surface area (Å²) in [4.78, 5) is 0. The quantitative estimate of drug-likeness (QED) is 0.848. The van der Waals surface area contributed by atoms with Crippen molar-refractivity contribution >= 4 is 0 Å². The molecule has 0 unspecified atom stereocenters. The average molecular weight is 231 g/mol. The highest BCUT2D eigenvalue weighted by molar-refractivity contribution is 5.27. The maximum absolute atomic E-state index is 13.8. The van der Waals surface area contributed by atoms with Gasteiger partial charge in [-0.2, -0.15) is 0 Å². The van der Waals surface area contributed by atoms with Crippen LogP contribution in [0.3, 0.4) is 0 Å². The van der Waals surface area contributed by atoms with Crippen LogP contribution in [0.5, 0.6) is 0 Å². The molecule has 0 radical (unpaired) electrons. The Kier molecular flexibility index (Phi) is 3.33. The third kappa shape index (κ3) is 3.23. The van der Waals surface area contributed by atoms with Crippen molar-refractivity contribution in [2.24, 2.45) is 5.73 Å². The van der Waals surface area contributed by atoms with Gasteiger partial charge in [-0.15, -0.1) is 0 Å². The first kappa shape index (κ1) is 13.0. The Balaban J connectivity index is 3.02. The predicted molar refractivity (Wildman–Crippen MR) is 57.9 cm³/mol. The lowest BCUT2D eigenvalue weighted by molar-refractivity contribution is -0.0296. The number of halogens is 3. The standard InChI is InChI=1S/C12H16F3N/c1-8-6-9(4-5-10(8)13)12(14,15)7-11(2,3)16/h4-6H,7,16H2,1-3H3. The van der Waals surface area contributed by atoms with Gasteiger partial charge >= 0.3 is 0 Å². The first-order valence-corrected chi connectivity index (χ1v) is 5.05. The fourth-order valence-corrected chi connectivity index (χ4v) is 1.55. The molecule has 0 saturated carbocycles. The lowest BCUT2D eigenvalue weighted by atomic mass is 9.92. The van der Waals surface area contributed by atoms with Gasteiger partial charge in [-0.25, -0.2) is 13.2 Å². The minimum absolute atomic E-state index is 0.190. The Hall–Kier alpha value is -1.03. The van der Waals surface area contributed by atoms with E-state index in [9.17, 15) is 13.2 Å². The Morgan fingerprint density at radius 2 is 1.81 bits per heavy atom. The highest BCUT2D eigenvalue weighted by Gasteiger charge is 2.36. The van der Waals surface area contributed by atoms with E-state index in [0.717, 1.165) is 12.1 Å². The van der Waals surface area contributed by atoms with Crippen molar-refractivity contribution in [2.45, 2.75) is 38.7 Å². The fourth-order valence-electron chi connectivity index (χ4n) is 1.55. The second-order valence-corrected chi connectivity index (χ2v) is 4.83. The summed E-state index contributed by atoms with van der Waals surface area (Å²) in [7, 11) is 0. The molecule has 1 aromatic carbocycles. The first-order chi connectivity index (χ1) is 7.12. The van der Waals surface area contributed by atoms with E-state index in [-0.39, 0.29) is 11.1 Å². The molecule has 1 rings (SSSR count). The van der Waals surface area contributed by atoms with E-state index in [0.29, 0.717) is 0 Å². The Morgan fingerprint density at radius 3 is 2.25 bits per heavy atom. The topological polar surface area (TPSA) is 26.0 Å². The average Bonchev–Trinajstić information content (AvgIpc) is 2.05. The lowest BCUT2D eigenvalue weighted by Gasteiger charge is -2.26. The number of alkyl halides is 2. The molecule has 0 amide bonds. The van der Waals surface area contributed by atoms with E-state index in [1.165, 1.54) is 26.8 Å². The Bertz CT molecular complexity index is 380. The van der Waals surface area contributed by atoms with Crippen LogP contribution in [0.4, 0.5) is 13.2 Å². The van der Waals surface area contributed by atoms with E-state index in [1.807, 2.05) is 0 Å². The molecule has 4 heteroatoms. The van der Waals surface area contributed by atoms with Crippen molar-refractivity contribution in [3.63, 3.8) is 0 Å². The summed E-state index contributed by atoms with van der Waals surface area (Å²) in [6.07, 6.45) is -0.467. The number of benzene rings is 1. The summed E-state index contributed by atoms with van der Waals surface area (Å²) in [5, 5.41) is 0. The maximum atomic E-state index is 13.8. The van der Waals surface area contributed by atoms with Crippen molar-refractivity contribution in [3.05, 3.63) is 35.1 Å². The highest BCUT2D eigenvalue weighted by atomic mass is 19.3. The normalized spacial score (nSPS) is 12.9. The van der Waals surface area contributed by atoms with Gasteiger partial charge in [0.25, 0.3) is 5.92 Å². The predicted octanol–water partition coefficient (Wildman–Crippen LogP) is 3.35. The van der Waals surface area contributed by atoms with Crippen LogP contribution in [-0.4, -0.2) is 5.54 Å². The number of hydrogen-bond acceptors (Lipinski definition) is 1. The zero-order valence-electron chi connectivity index (χ0n) is 9.65. The van der Waals surface area contributed by atoms with E-state index < -0.39 is 23.7 Å². The molecular formula is C12H16F3N. The van der Waals surface area contributed by atoms with Crippen molar-refractivity contribution < 1.29 is 13.2 Å². The van der Waals surface area contributed by atoms with Crippen LogP contribution in [0, 0.1) is 12.7 Å². The van der Waals surface area contributed by atoms with Crippen molar-refractivity contribution in [3.8, 4) is 0 Å². The third-order valence-corrected chi connectivity index (χ3v) is 2.26. The summed E-state index contributed by atoms with van der Waals surface area (Å²) < 4.78 is 40.5. The van der Waals surface area contributed by atoms with Gasteiger partial charge in [-0.1, -0.05) is 6.07 Å². The molecule has 0 aliphatic heterocycles. The molecule has 0 aliphatic carbocycles. The maximum Gasteiger partial charge on any atom is 0.275 e. The van der Waals surface area contributed by atoms with Crippen LogP contribution in [0.25, 0.3) is 0 Å². The molecule has 0 spiro atoms. The van der Waals surface area contributed by atoms with Crippen LogP contribution < -0.4 is 5.73 Å². The first-order valence-electron chi connectivity index (χ1n) is 5.05. The number of hydrogen-bond donors (Lipinski definition) is 1. The molecule has 2 N–H and O–H groups in total. The Morgan fingerprint density at radius 1 is 1.25 bits per heavy atom.